The Kier molecular flexibility index (Phi) is 3.97. The van der Waals surface area contributed by atoms with Crippen molar-refractivity contribution in [2.75, 3.05) is 18.4 Å². The third-order valence-corrected chi connectivity index (χ3v) is 5.45. The van der Waals surface area contributed by atoms with Crippen LogP contribution in [0.2, 0.25) is 0 Å². The van der Waals surface area contributed by atoms with Crippen molar-refractivity contribution < 1.29 is 4.74 Å². The summed E-state index contributed by atoms with van der Waals surface area (Å²) in [6, 6.07) is 8.50. The lowest BCUT2D eigenvalue weighted by molar-refractivity contribution is 0.200. The van der Waals surface area contributed by atoms with E-state index in [4.69, 9.17) is 4.74 Å². The van der Waals surface area contributed by atoms with Crippen molar-refractivity contribution >= 4 is 16.7 Å². The van der Waals surface area contributed by atoms with Gasteiger partial charge in [0.1, 0.15) is 29.2 Å². The van der Waals surface area contributed by atoms with Gasteiger partial charge < -0.3 is 15.4 Å². The molecule has 5 rings (SSSR count). The summed E-state index contributed by atoms with van der Waals surface area (Å²) in [5.74, 6) is 1.73. The summed E-state index contributed by atoms with van der Waals surface area (Å²) in [5.41, 5.74) is 2.61. The van der Waals surface area contributed by atoms with Gasteiger partial charge in [-0.2, -0.15) is 5.10 Å². The van der Waals surface area contributed by atoms with Gasteiger partial charge in [-0.1, -0.05) is 0 Å². The zero-order valence-corrected chi connectivity index (χ0v) is 15.5. The van der Waals surface area contributed by atoms with Crippen LogP contribution in [0.1, 0.15) is 32.6 Å². The molecule has 27 heavy (non-hydrogen) atoms. The first-order chi connectivity index (χ1) is 13.2. The fraction of sp³-hybridized carbons (Fsp3) is 0.450. The predicted molar refractivity (Wildman–Crippen MR) is 105 cm³/mol. The molecule has 0 bridgehead atoms. The number of aromatic nitrogens is 4. The Morgan fingerprint density at radius 2 is 2.00 bits per heavy atom. The number of benzene rings is 1. The summed E-state index contributed by atoms with van der Waals surface area (Å²) in [7, 11) is 0. The molecule has 1 saturated heterocycles. The molecule has 2 aliphatic rings. The van der Waals surface area contributed by atoms with E-state index in [0.717, 1.165) is 72.6 Å². The quantitative estimate of drug-likeness (QED) is 0.645. The van der Waals surface area contributed by atoms with Gasteiger partial charge in [0, 0.05) is 17.5 Å². The monoisotopic (exact) mass is 364 g/mol. The molecule has 2 fully saturated rings. The Labute approximate surface area is 157 Å². The van der Waals surface area contributed by atoms with Crippen LogP contribution in [0.4, 0.5) is 5.82 Å². The van der Waals surface area contributed by atoms with E-state index in [-0.39, 0.29) is 5.60 Å². The van der Waals surface area contributed by atoms with E-state index in [2.05, 4.69) is 43.8 Å². The van der Waals surface area contributed by atoms with Crippen molar-refractivity contribution in [3.8, 4) is 17.1 Å². The van der Waals surface area contributed by atoms with E-state index in [9.17, 15) is 0 Å². The maximum atomic E-state index is 6.11. The first kappa shape index (κ1) is 16.5. The van der Waals surface area contributed by atoms with Gasteiger partial charge in [0.05, 0.1) is 11.2 Å². The molecule has 0 unspecified atom stereocenters. The number of ether oxygens (including phenoxy) is 1. The van der Waals surface area contributed by atoms with Crippen LogP contribution in [0.5, 0.6) is 5.75 Å². The maximum absolute atomic E-state index is 6.11. The van der Waals surface area contributed by atoms with Gasteiger partial charge in [0.2, 0.25) is 0 Å². The summed E-state index contributed by atoms with van der Waals surface area (Å²) >= 11 is 0. The third kappa shape index (κ3) is 3.47. The predicted octanol–water partition coefficient (Wildman–Crippen LogP) is 3.12. The number of nitrogens with zero attached hydrogens (tertiary/aromatic N) is 3. The molecule has 3 N–H and O–H groups in total. The molecule has 0 amide bonds. The summed E-state index contributed by atoms with van der Waals surface area (Å²) in [5, 5.41) is 15.5. The lowest BCUT2D eigenvalue weighted by atomic mass is 10.1. The molecular weight excluding hydrogens is 340 g/mol. The Bertz CT molecular complexity index is 958. The molecule has 1 aliphatic carbocycles. The van der Waals surface area contributed by atoms with Gasteiger partial charge in [-0.05, 0) is 63.9 Å². The van der Waals surface area contributed by atoms with Gasteiger partial charge in [0.15, 0.2) is 0 Å². The molecule has 1 aliphatic heterocycles. The van der Waals surface area contributed by atoms with Crippen LogP contribution in [-0.4, -0.2) is 44.9 Å². The van der Waals surface area contributed by atoms with Crippen LogP contribution in [0.15, 0.2) is 30.6 Å². The molecule has 0 atom stereocenters. The second kappa shape index (κ2) is 6.49. The number of hydrogen-bond acceptors (Lipinski definition) is 6. The SMILES string of the molecule is CC1(Oc2ccc3[nH]nc(-c4cc(NC5CCNCC5)ncn4)c3c2)CC1. The van der Waals surface area contributed by atoms with Crippen molar-refractivity contribution in [2.45, 2.75) is 44.2 Å². The van der Waals surface area contributed by atoms with Gasteiger partial charge in [0.25, 0.3) is 0 Å². The van der Waals surface area contributed by atoms with E-state index in [1.54, 1.807) is 6.33 Å². The minimum absolute atomic E-state index is 0.00155. The van der Waals surface area contributed by atoms with E-state index in [1.807, 2.05) is 18.2 Å². The van der Waals surface area contributed by atoms with Crippen molar-refractivity contribution in [1.29, 1.82) is 0 Å². The summed E-state index contributed by atoms with van der Waals surface area (Å²) in [6.07, 6.45) is 6.03. The van der Waals surface area contributed by atoms with Crippen molar-refractivity contribution in [3.63, 3.8) is 0 Å². The van der Waals surface area contributed by atoms with E-state index < -0.39 is 0 Å². The fourth-order valence-electron chi connectivity index (χ4n) is 3.56. The van der Waals surface area contributed by atoms with E-state index in [0.29, 0.717) is 6.04 Å². The smallest absolute Gasteiger partial charge is 0.130 e. The van der Waals surface area contributed by atoms with Crippen molar-refractivity contribution in [1.82, 2.24) is 25.5 Å². The normalized spacial score (nSPS) is 19.1. The molecular formula is C20H24N6O. The van der Waals surface area contributed by atoms with Crippen LogP contribution in [0.3, 0.4) is 0 Å². The van der Waals surface area contributed by atoms with Gasteiger partial charge in [-0.3, -0.25) is 5.10 Å². The number of rotatable bonds is 5. The number of piperidine rings is 1. The molecule has 0 radical (unpaired) electrons. The Morgan fingerprint density at radius 1 is 1.15 bits per heavy atom. The van der Waals surface area contributed by atoms with Gasteiger partial charge >= 0.3 is 0 Å². The number of fused-ring (bicyclic) bond motifs is 1. The third-order valence-electron chi connectivity index (χ3n) is 5.45. The second-order valence-corrected chi connectivity index (χ2v) is 7.79. The molecule has 3 heterocycles. The lowest BCUT2D eigenvalue weighted by Gasteiger charge is -2.24. The van der Waals surface area contributed by atoms with Crippen molar-refractivity contribution in [3.05, 3.63) is 30.6 Å². The van der Waals surface area contributed by atoms with Crippen LogP contribution >= 0.6 is 0 Å². The highest BCUT2D eigenvalue weighted by molar-refractivity contribution is 5.93. The highest BCUT2D eigenvalue weighted by Crippen LogP contribution is 2.40. The van der Waals surface area contributed by atoms with E-state index >= 15 is 0 Å². The van der Waals surface area contributed by atoms with Crippen LogP contribution < -0.4 is 15.4 Å². The fourth-order valence-corrected chi connectivity index (χ4v) is 3.56. The molecule has 7 nitrogen and oxygen atoms in total. The molecule has 1 saturated carbocycles. The molecule has 7 heteroatoms. The van der Waals surface area contributed by atoms with Crippen LogP contribution in [0, 0.1) is 0 Å². The Hall–Kier alpha value is -2.67. The topological polar surface area (TPSA) is 87.8 Å². The molecule has 2 aromatic heterocycles. The van der Waals surface area contributed by atoms with Crippen LogP contribution in [-0.2, 0) is 0 Å². The van der Waals surface area contributed by atoms with E-state index in [1.165, 1.54) is 0 Å². The number of aromatic amines is 1. The maximum Gasteiger partial charge on any atom is 0.130 e. The second-order valence-electron chi connectivity index (χ2n) is 7.79. The average Bonchev–Trinajstić information content (AvgIpc) is 3.26. The number of nitrogens with one attached hydrogen (secondary N) is 3. The molecule has 140 valence electrons. The zero-order valence-electron chi connectivity index (χ0n) is 15.5. The summed E-state index contributed by atoms with van der Waals surface area (Å²) in [6.45, 7) is 4.24. The number of hydrogen-bond donors (Lipinski definition) is 3. The van der Waals surface area contributed by atoms with Crippen LogP contribution in [0.25, 0.3) is 22.3 Å². The average molecular weight is 364 g/mol. The Balaban J connectivity index is 1.44. The lowest BCUT2D eigenvalue weighted by Crippen LogP contribution is -2.35. The first-order valence-electron chi connectivity index (χ1n) is 9.65. The van der Waals surface area contributed by atoms with Crippen molar-refractivity contribution in [2.24, 2.45) is 0 Å². The minimum Gasteiger partial charge on any atom is -0.488 e. The number of H-pyrrole nitrogens is 1. The highest BCUT2D eigenvalue weighted by atomic mass is 16.5. The summed E-state index contributed by atoms with van der Waals surface area (Å²) < 4.78 is 6.11. The highest BCUT2D eigenvalue weighted by Gasteiger charge is 2.40. The molecule has 3 aromatic rings. The molecule has 0 spiro atoms. The standard InChI is InChI=1S/C20H24N6O/c1-20(6-7-20)27-14-2-3-16-15(10-14)19(26-25-16)17-11-18(23-12-22-17)24-13-4-8-21-9-5-13/h2-3,10-13,21H,4-9H2,1H3,(H,25,26)(H,22,23,24). The zero-order chi connectivity index (χ0) is 18.3. The Morgan fingerprint density at radius 3 is 2.81 bits per heavy atom. The van der Waals surface area contributed by atoms with Gasteiger partial charge in [-0.15, -0.1) is 0 Å². The van der Waals surface area contributed by atoms with Gasteiger partial charge in [-0.25, -0.2) is 9.97 Å². The minimum atomic E-state index is -0.00155. The number of anilines is 1. The molecule has 1 aromatic carbocycles. The largest absolute Gasteiger partial charge is 0.488 e. The first-order valence-corrected chi connectivity index (χ1v) is 9.65. The summed E-state index contributed by atoms with van der Waals surface area (Å²) in [4.78, 5) is 8.85.